The number of carbonyl (C=O) groups excluding carboxylic acids is 2. The number of aromatic nitrogens is 5. The number of phenols is 1. The van der Waals surface area contributed by atoms with E-state index in [1.54, 1.807) is 31.3 Å². The van der Waals surface area contributed by atoms with Crippen LogP contribution < -0.4 is 31.1 Å². The van der Waals surface area contributed by atoms with Gasteiger partial charge in [-0.1, -0.05) is 12.1 Å². The number of aryl methyl sites for hydroxylation is 2. The highest BCUT2D eigenvalue weighted by Gasteiger charge is 2.45. The molecule has 0 saturated heterocycles. The van der Waals surface area contributed by atoms with Gasteiger partial charge in [0.05, 0.1) is 49.4 Å². The van der Waals surface area contributed by atoms with Crippen molar-refractivity contribution in [2.45, 2.75) is 37.9 Å². The SMILES string of the molecule is COc1cc2nc(CCn3c(=O)n4n(c3=O)C3CC5=C(C(=O)C=C(Br)C5=O)C(c5ccc(O)cc5OC)C3=CC4)c(=O)n(C)c2cc1OC. The van der Waals surface area contributed by atoms with Crippen LogP contribution in [0, 0.1) is 0 Å². The lowest BCUT2D eigenvalue weighted by molar-refractivity contribution is -0.115. The van der Waals surface area contributed by atoms with Crippen molar-refractivity contribution in [2.24, 2.45) is 7.05 Å². The third-order valence-electron chi connectivity index (χ3n) is 9.43. The first kappa shape index (κ1) is 32.1. The van der Waals surface area contributed by atoms with Crippen LogP contribution in [0.1, 0.15) is 29.6 Å². The van der Waals surface area contributed by atoms with Gasteiger partial charge in [-0.05, 0) is 27.6 Å². The summed E-state index contributed by atoms with van der Waals surface area (Å²) in [6.45, 7) is -0.117. The first-order chi connectivity index (χ1) is 23.5. The number of allylic oxidation sites excluding steroid dienone is 6. The average Bonchev–Trinajstić information content (AvgIpc) is 3.34. The number of aromatic hydroxyl groups is 1. The van der Waals surface area contributed by atoms with Crippen LogP contribution in [0.3, 0.4) is 0 Å². The number of halogens is 1. The van der Waals surface area contributed by atoms with Crippen molar-refractivity contribution in [2.75, 3.05) is 21.3 Å². The zero-order valence-corrected chi connectivity index (χ0v) is 28.4. The second-order valence-electron chi connectivity index (χ2n) is 11.9. The molecule has 2 unspecified atom stereocenters. The van der Waals surface area contributed by atoms with Crippen LogP contribution >= 0.6 is 15.9 Å². The number of nitrogens with zero attached hydrogens (tertiary/aromatic N) is 5. The number of carbonyl (C=O) groups is 2. The summed E-state index contributed by atoms with van der Waals surface area (Å²) in [6, 6.07) is 7.01. The van der Waals surface area contributed by atoms with Gasteiger partial charge >= 0.3 is 11.4 Å². The van der Waals surface area contributed by atoms with Crippen LogP contribution in [0.25, 0.3) is 11.0 Å². The van der Waals surface area contributed by atoms with Gasteiger partial charge in [0.1, 0.15) is 17.2 Å². The molecule has 0 bridgehead atoms. The van der Waals surface area contributed by atoms with E-state index in [2.05, 4.69) is 20.9 Å². The molecule has 4 aromatic rings. The first-order valence-electron chi connectivity index (χ1n) is 15.3. The fraction of sp³-hybridized carbons (Fsp3) is 0.294. The summed E-state index contributed by atoms with van der Waals surface area (Å²) in [5.41, 5.74) is 1.17. The largest absolute Gasteiger partial charge is 0.508 e. The van der Waals surface area contributed by atoms with Gasteiger partial charge in [-0.15, -0.1) is 0 Å². The number of Topliss-reactive ketones (excluding diaryl/α,β-unsaturated/α-hetero) is 1. The van der Waals surface area contributed by atoms with E-state index in [1.807, 2.05) is 0 Å². The number of methoxy groups -OCH3 is 3. The lowest BCUT2D eigenvalue weighted by Crippen LogP contribution is -2.40. The number of hydrogen-bond donors (Lipinski definition) is 1. The highest BCUT2D eigenvalue weighted by Crippen LogP contribution is 2.52. The third-order valence-corrected chi connectivity index (χ3v) is 10.0. The van der Waals surface area contributed by atoms with Crippen molar-refractivity contribution >= 4 is 38.5 Å². The first-order valence-corrected chi connectivity index (χ1v) is 16.1. The number of phenolic OH excluding ortho intramolecular Hbond substituents is 1. The minimum atomic E-state index is -0.794. The summed E-state index contributed by atoms with van der Waals surface area (Å²) in [5.74, 6) is -0.446. The molecule has 2 aliphatic carbocycles. The van der Waals surface area contributed by atoms with E-state index in [9.17, 15) is 29.1 Å². The van der Waals surface area contributed by atoms with Gasteiger partial charge in [-0.25, -0.2) is 28.5 Å². The van der Waals surface area contributed by atoms with Gasteiger partial charge in [-0.3, -0.25) is 14.4 Å². The van der Waals surface area contributed by atoms with Crippen LogP contribution in [0.15, 0.2) is 78.1 Å². The van der Waals surface area contributed by atoms with Crippen LogP contribution in [-0.4, -0.2) is 61.5 Å². The number of rotatable bonds is 7. The van der Waals surface area contributed by atoms with Gasteiger partial charge < -0.3 is 23.9 Å². The zero-order chi connectivity index (χ0) is 34.9. The predicted molar refractivity (Wildman–Crippen MR) is 180 cm³/mol. The molecule has 7 rings (SSSR count). The smallest absolute Gasteiger partial charge is 0.347 e. The summed E-state index contributed by atoms with van der Waals surface area (Å²) in [6.07, 6.45) is 3.01. The summed E-state index contributed by atoms with van der Waals surface area (Å²) < 4.78 is 21.5. The van der Waals surface area contributed by atoms with E-state index in [1.165, 1.54) is 53.5 Å². The minimum absolute atomic E-state index is 0.00694. The van der Waals surface area contributed by atoms with E-state index in [0.29, 0.717) is 39.4 Å². The molecule has 49 heavy (non-hydrogen) atoms. The second-order valence-corrected chi connectivity index (χ2v) is 12.7. The Labute approximate surface area is 285 Å². The van der Waals surface area contributed by atoms with Gasteiger partial charge in [0, 0.05) is 73.3 Å². The zero-order valence-electron chi connectivity index (χ0n) is 26.9. The lowest BCUT2D eigenvalue weighted by atomic mass is 9.68. The van der Waals surface area contributed by atoms with Crippen molar-refractivity contribution in [1.82, 2.24) is 23.5 Å². The van der Waals surface area contributed by atoms with E-state index in [-0.39, 0.29) is 58.8 Å². The molecule has 1 N–H and O–H groups in total. The molecule has 0 saturated carbocycles. The summed E-state index contributed by atoms with van der Waals surface area (Å²) in [4.78, 5) is 72.7. The topological polar surface area (TPSA) is 166 Å². The van der Waals surface area contributed by atoms with Crippen molar-refractivity contribution in [3.63, 3.8) is 0 Å². The molecule has 2 atom stereocenters. The number of benzene rings is 2. The third kappa shape index (κ3) is 4.90. The molecule has 0 spiro atoms. The fourth-order valence-electron chi connectivity index (χ4n) is 7.10. The maximum absolute atomic E-state index is 14.1. The highest BCUT2D eigenvalue weighted by atomic mass is 79.9. The molecule has 0 radical (unpaired) electrons. The highest BCUT2D eigenvalue weighted by molar-refractivity contribution is 9.12. The molecule has 0 fully saturated rings. The Morgan fingerprint density at radius 3 is 2.39 bits per heavy atom. The van der Waals surface area contributed by atoms with Gasteiger partial charge in [0.25, 0.3) is 5.56 Å². The molecular weight excluding hydrogens is 702 g/mol. The van der Waals surface area contributed by atoms with Gasteiger partial charge in [-0.2, -0.15) is 0 Å². The van der Waals surface area contributed by atoms with Crippen LogP contribution in [0.5, 0.6) is 23.0 Å². The fourth-order valence-corrected chi connectivity index (χ4v) is 7.55. The maximum atomic E-state index is 14.1. The number of fused-ring (bicyclic) bond motifs is 4. The predicted octanol–water partition coefficient (Wildman–Crippen LogP) is 2.43. The second kappa shape index (κ2) is 11.9. The Morgan fingerprint density at radius 2 is 1.67 bits per heavy atom. The van der Waals surface area contributed by atoms with Crippen molar-refractivity contribution < 1.29 is 28.9 Å². The summed E-state index contributed by atoms with van der Waals surface area (Å²) in [5, 5.41) is 10.2. The molecule has 0 amide bonds. The lowest BCUT2D eigenvalue weighted by Gasteiger charge is -2.39. The van der Waals surface area contributed by atoms with E-state index in [4.69, 9.17) is 14.2 Å². The van der Waals surface area contributed by atoms with E-state index in [0.717, 1.165) is 4.57 Å². The molecule has 252 valence electrons. The summed E-state index contributed by atoms with van der Waals surface area (Å²) in [7, 11) is 6.02. The Morgan fingerprint density at radius 1 is 0.959 bits per heavy atom. The molecule has 1 aliphatic heterocycles. The Hall–Kier alpha value is -5.44. The van der Waals surface area contributed by atoms with Crippen LogP contribution in [-0.2, 0) is 36.1 Å². The van der Waals surface area contributed by atoms with Crippen LogP contribution in [0.4, 0.5) is 0 Å². The van der Waals surface area contributed by atoms with Crippen molar-refractivity contribution in [3.8, 4) is 23.0 Å². The Bertz CT molecular complexity index is 2410. The molecule has 2 aromatic heterocycles. The Kier molecular flexibility index (Phi) is 7.81. The normalized spacial score (nSPS) is 18.5. The number of hydrogen-bond acceptors (Lipinski definition) is 10. The van der Waals surface area contributed by atoms with Crippen molar-refractivity contribution in [1.29, 1.82) is 0 Å². The monoisotopic (exact) mass is 731 g/mol. The van der Waals surface area contributed by atoms with Crippen LogP contribution in [0.2, 0.25) is 0 Å². The van der Waals surface area contributed by atoms with Gasteiger partial charge in [0.15, 0.2) is 23.1 Å². The molecule has 2 aromatic carbocycles. The Balaban J connectivity index is 1.30. The van der Waals surface area contributed by atoms with Gasteiger partial charge in [0.2, 0.25) is 0 Å². The van der Waals surface area contributed by atoms with E-state index >= 15 is 0 Å². The average molecular weight is 733 g/mol. The molecule has 14 nitrogen and oxygen atoms in total. The summed E-state index contributed by atoms with van der Waals surface area (Å²) >= 11 is 3.21. The standard InChI is InChI=1S/C34H30BrN5O9/c1-37-24-15-28(49-4)27(48-3)14-22(24)36-21(32(37)44)8-9-38-33(45)39-10-7-17-23(40(39)34(38)46)12-19-30(25(42)13-20(35)31(19)43)29(17)18-6-5-16(41)11-26(18)47-2/h5-7,11,13-15,23,29,41H,8-10,12H2,1-4H3. The molecule has 3 heterocycles. The molecular formula is C34H30BrN5O9. The molecule has 3 aliphatic rings. The molecule has 15 heteroatoms. The quantitative estimate of drug-likeness (QED) is 0.220. The number of ether oxygens (including phenoxy) is 3. The minimum Gasteiger partial charge on any atom is -0.508 e. The number of ketones is 2. The van der Waals surface area contributed by atoms with E-state index < -0.39 is 34.7 Å². The maximum Gasteiger partial charge on any atom is 0.347 e. The van der Waals surface area contributed by atoms with Crippen molar-refractivity contribution in [3.05, 3.63) is 106 Å².